The molecule has 8 heteroatoms. The van der Waals surface area contributed by atoms with Crippen LogP contribution in [0.4, 0.5) is 30.2 Å². The molecule has 0 spiro atoms. The molecule has 0 radical (unpaired) electrons. The van der Waals surface area contributed by atoms with Crippen molar-refractivity contribution in [2.45, 2.75) is 31.2 Å². The molecule has 1 fully saturated rings. The van der Waals surface area contributed by atoms with Crippen molar-refractivity contribution in [2.24, 2.45) is 5.18 Å². The van der Waals surface area contributed by atoms with Crippen molar-refractivity contribution in [3.63, 3.8) is 0 Å². The summed E-state index contributed by atoms with van der Waals surface area (Å²) >= 11 is 0. The molecule has 1 saturated carbocycles. The smallest absolute Gasteiger partial charge is 0.395 e. The Morgan fingerprint density at radius 2 is 1.92 bits per heavy atom. The highest BCUT2D eigenvalue weighted by molar-refractivity contribution is 5.86. The Bertz CT molecular complexity index is 835. The first kappa shape index (κ1) is 18.2. The second-order valence-corrected chi connectivity index (χ2v) is 6.43. The number of rotatable bonds is 5. The number of anilines is 2. The van der Waals surface area contributed by atoms with Crippen LogP contribution in [0.15, 0.2) is 41.6 Å². The molecule has 1 aliphatic rings. The van der Waals surface area contributed by atoms with Crippen LogP contribution in [0, 0.1) is 4.91 Å². The van der Waals surface area contributed by atoms with Crippen LogP contribution in [0.2, 0.25) is 0 Å². The summed E-state index contributed by atoms with van der Waals surface area (Å²) in [6, 6.07) is 8.97. The van der Waals surface area contributed by atoms with Gasteiger partial charge in [0, 0.05) is 13.1 Å². The first-order valence-electron chi connectivity index (χ1n) is 8.07. The van der Waals surface area contributed by atoms with Crippen LogP contribution < -0.4 is 10.6 Å². The second kappa shape index (κ2) is 6.60. The first-order valence-corrected chi connectivity index (χ1v) is 8.07. The van der Waals surface area contributed by atoms with Gasteiger partial charge in [-0.05, 0) is 52.9 Å². The summed E-state index contributed by atoms with van der Waals surface area (Å²) in [6.07, 6.45) is -5.31. The molecule has 0 saturated heterocycles. The van der Waals surface area contributed by atoms with E-state index in [9.17, 15) is 23.2 Å². The normalized spacial score (nSPS) is 15.6. The Balaban J connectivity index is 2.06. The molecule has 0 aliphatic heterocycles. The minimum Gasteiger partial charge on any atom is -0.395 e. The van der Waals surface area contributed by atoms with E-state index in [2.05, 4.69) is 5.18 Å². The average Bonchev–Trinajstić information content (AvgIpc) is 3.45. The molecular weight excluding hydrogens is 347 g/mol. The van der Waals surface area contributed by atoms with Gasteiger partial charge < -0.3 is 15.7 Å². The molecule has 26 heavy (non-hydrogen) atoms. The van der Waals surface area contributed by atoms with E-state index < -0.39 is 12.3 Å². The highest BCUT2D eigenvalue weighted by Crippen LogP contribution is 2.42. The van der Waals surface area contributed by atoms with Gasteiger partial charge in [-0.25, -0.2) is 0 Å². The Labute approximate surface area is 148 Å². The maximum Gasteiger partial charge on any atom is 0.418 e. The molecule has 1 unspecified atom stereocenters. The fraction of sp³-hybridized carbons (Fsp3) is 0.333. The van der Waals surface area contributed by atoms with E-state index in [1.807, 2.05) is 11.9 Å². The number of nitrogens with zero attached hydrogens (tertiary/aromatic N) is 2. The number of hydrogen-bond donors (Lipinski definition) is 2. The molecule has 0 amide bonds. The topological polar surface area (TPSA) is 78.9 Å². The van der Waals surface area contributed by atoms with E-state index in [0.29, 0.717) is 22.9 Å². The maximum absolute atomic E-state index is 12.8. The lowest BCUT2D eigenvalue weighted by Gasteiger charge is -2.22. The number of nitrogen functional groups attached to an aromatic ring is 1. The zero-order valence-electron chi connectivity index (χ0n) is 14.0. The van der Waals surface area contributed by atoms with Gasteiger partial charge >= 0.3 is 6.18 Å². The van der Waals surface area contributed by atoms with Gasteiger partial charge in [0.25, 0.3) is 0 Å². The van der Waals surface area contributed by atoms with Crippen LogP contribution >= 0.6 is 0 Å². The Morgan fingerprint density at radius 1 is 1.23 bits per heavy atom. The summed E-state index contributed by atoms with van der Waals surface area (Å²) in [5.41, 5.74) is 7.57. The largest absolute Gasteiger partial charge is 0.418 e. The predicted molar refractivity (Wildman–Crippen MR) is 94.2 cm³/mol. The first-order chi connectivity index (χ1) is 12.2. The van der Waals surface area contributed by atoms with Crippen molar-refractivity contribution >= 4 is 17.1 Å². The number of hydrogen-bond acceptors (Lipinski definition) is 5. The molecule has 2 aromatic rings. The van der Waals surface area contributed by atoms with Crippen LogP contribution in [0.25, 0.3) is 11.1 Å². The van der Waals surface area contributed by atoms with Crippen LogP contribution in [0.5, 0.6) is 0 Å². The van der Waals surface area contributed by atoms with Gasteiger partial charge in [0.2, 0.25) is 0 Å². The van der Waals surface area contributed by atoms with Crippen molar-refractivity contribution in [1.82, 2.24) is 0 Å². The molecule has 3 rings (SSSR count). The van der Waals surface area contributed by atoms with E-state index in [1.54, 1.807) is 12.1 Å². The highest BCUT2D eigenvalue weighted by Gasteiger charge is 2.39. The van der Waals surface area contributed by atoms with Crippen molar-refractivity contribution < 1.29 is 18.3 Å². The standard InChI is InChI=1S/C18H18F3N3O2/c1-24(13-5-6-13)15-9-12(8-14(23-26)16(15)22)10-3-2-4-11(7-10)17(25)18(19,20)21/h2-4,7-9,13,17,25H,5-6,22H2,1H3. The predicted octanol–water partition coefficient (Wildman–Crippen LogP) is 4.53. The molecule has 0 heterocycles. The Morgan fingerprint density at radius 3 is 2.50 bits per heavy atom. The summed E-state index contributed by atoms with van der Waals surface area (Å²) in [5, 5.41) is 12.4. The lowest BCUT2D eigenvalue weighted by molar-refractivity contribution is -0.206. The fourth-order valence-electron chi connectivity index (χ4n) is 2.89. The third-order valence-electron chi connectivity index (χ3n) is 4.56. The van der Waals surface area contributed by atoms with Gasteiger partial charge in [0.15, 0.2) is 6.10 Å². The molecule has 0 bridgehead atoms. The number of aliphatic hydroxyl groups is 1. The maximum atomic E-state index is 12.8. The molecule has 5 nitrogen and oxygen atoms in total. The third kappa shape index (κ3) is 3.50. The molecule has 0 aromatic heterocycles. The summed E-state index contributed by atoms with van der Waals surface area (Å²) in [7, 11) is 1.85. The average molecular weight is 365 g/mol. The van der Waals surface area contributed by atoms with Crippen LogP contribution in [-0.2, 0) is 0 Å². The van der Waals surface area contributed by atoms with Gasteiger partial charge in [-0.2, -0.15) is 13.2 Å². The van der Waals surface area contributed by atoms with E-state index in [1.165, 1.54) is 24.3 Å². The van der Waals surface area contributed by atoms with Crippen molar-refractivity contribution in [3.8, 4) is 11.1 Å². The minimum absolute atomic E-state index is 0.0340. The summed E-state index contributed by atoms with van der Waals surface area (Å²) in [5.74, 6) is 0. The lowest BCUT2D eigenvalue weighted by atomic mass is 9.98. The van der Waals surface area contributed by atoms with Crippen LogP contribution in [-0.4, -0.2) is 24.4 Å². The van der Waals surface area contributed by atoms with E-state index in [4.69, 9.17) is 5.73 Å². The molecule has 1 atom stereocenters. The Hall–Kier alpha value is -2.61. The summed E-state index contributed by atoms with van der Waals surface area (Å²) < 4.78 is 38.3. The third-order valence-corrected chi connectivity index (χ3v) is 4.56. The molecular formula is C18H18F3N3O2. The SMILES string of the molecule is CN(c1cc(-c2cccc(C(O)C(F)(F)F)c2)cc(N=O)c1N)C1CC1. The molecule has 3 N–H and O–H groups in total. The van der Waals surface area contributed by atoms with Gasteiger partial charge in [-0.15, -0.1) is 4.91 Å². The van der Waals surface area contributed by atoms with Gasteiger partial charge in [0.05, 0.1) is 11.4 Å². The van der Waals surface area contributed by atoms with E-state index in [-0.39, 0.29) is 16.9 Å². The fourth-order valence-corrected chi connectivity index (χ4v) is 2.89. The van der Waals surface area contributed by atoms with Crippen molar-refractivity contribution in [2.75, 3.05) is 17.7 Å². The van der Waals surface area contributed by atoms with Crippen LogP contribution in [0.1, 0.15) is 24.5 Å². The van der Waals surface area contributed by atoms with Gasteiger partial charge in [0.1, 0.15) is 5.69 Å². The zero-order valence-corrected chi connectivity index (χ0v) is 14.0. The number of benzene rings is 2. The molecule has 1 aliphatic carbocycles. The lowest BCUT2D eigenvalue weighted by Crippen LogP contribution is -2.21. The number of nitroso groups, excluding NO2 is 1. The van der Waals surface area contributed by atoms with Gasteiger partial charge in [-0.3, -0.25) is 0 Å². The number of alkyl halides is 3. The van der Waals surface area contributed by atoms with Crippen molar-refractivity contribution in [3.05, 3.63) is 46.9 Å². The quantitative estimate of drug-likeness (QED) is 0.603. The number of nitrogens with two attached hydrogens (primary N) is 1. The molecule has 2 aromatic carbocycles. The van der Waals surface area contributed by atoms with Gasteiger partial charge in [-0.1, -0.05) is 18.2 Å². The second-order valence-electron chi connectivity index (χ2n) is 6.43. The van der Waals surface area contributed by atoms with E-state index >= 15 is 0 Å². The number of aliphatic hydroxyl groups excluding tert-OH is 1. The van der Waals surface area contributed by atoms with E-state index in [0.717, 1.165) is 12.8 Å². The Kier molecular flexibility index (Phi) is 4.62. The number of halogens is 3. The summed E-state index contributed by atoms with van der Waals surface area (Å²) in [4.78, 5) is 13.1. The van der Waals surface area contributed by atoms with Crippen LogP contribution in [0.3, 0.4) is 0 Å². The zero-order chi connectivity index (χ0) is 19.1. The monoisotopic (exact) mass is 365 g/mol. The molecule has 138 valence electrons. The minimum atomic E-state index is -4.76. The highest BCUT2D eigenvalue weighted by atomic mass is 19.4. The van der Waals surface area contributed by atoms with Crippen molar-refractivity contribution in [1.29, 1.82) is 0 Å². The summed E-state index contributed by atoms with van der Waals surface area (Å²) in [6.45, 7) is 0.